The van der Waals surface area contributed by atoms with Crippen molar-refractivity contribution in [2.24, 2.45) is 0 Å². The van der Waals surface area contributed by atoms with Gasteiger partial charge < -0.3 is 5.32 Å². The van der Waals surface area contributed by atoms with E-state index in [0.717, 1.165) is 24.8 Å². The van der Waals surface area contributed by atoms with Gasteiger partial charge in [0, 0.05) is 14.7 Å². The zero-order valence-electron chi connectivity index (χ0n) is 10.7. The summed E-state index contributed by atoms with van der Waals surface area (Å²) in [5.74, 6) is -0.651. The minimum absolute atomic E-state index is 0.217. The smallest absolute Gasteiger partial charge is 0.256 e. The van der Waals surface area contributed by atoms with Gasteiger partial charge in [0.25, 0.3) is 5.91 Å². The first-order valence-electron chi connectivity index (χ1n) is 6.51. The average molecular weight is 354 g/mol. The fourth-order valence-corrected chi connectivity index (χ4v) is 3.92. The van der Waals surface area contributed by atoms with Crippen LogP contribution in [0, 0.1) is 5.82 Å². The molecule has 3 rings (SSSR count). The van der Waals surface area contributed by atoms with E-state index in [4.69, 9.17) is 0 Å². The van der Waals surface area contributed by atoms with Crippen LogP contribution in [0.1, 0.15) is 33.6 Å². The van der Waals surface area contributed by atoms with E-state index in [-0.39, 0.29) is 11.6 Å². The topological polar surface area (TPSA) is 29.1 Å². The van der Waals surface area contributed by atoms with Gasteiger partial charge in [0.1, 0.15) is 5.82 Å². The SMILES string of the molecule is O=C(Nc1ccc(Br)cc1F)c1csc2c1CCCC2. The number of hydrogen-bond donors (Lipinski definition) is 1. The molecule has 1 heterocycles. The molecule has 1 aliphatic carbocycles. The van der Waals surface area contributed by atoms with E-state index in [1.165, 1.54) is 17.4 Å². The zero-order valence-corrected chi connectivity index (χ0v) is 13.1. The normalized spacial score (nSPS) is 13.9. The van der Waals surface area contributed by atoms with Crippen LogP contribution in [-0.2, 0) is 12.8 Å². The van der Waals surface area contributed by atoms with Crippen LogP contribution in [0.2, 0.25) is 0 Å². The number of carbonyl (C=O) groups is 1. The molecule has 2 aromatic rings. The van der Waals surface area contributed by atoms with Crippen molar-refractivity contribution in [1.29, 1.82) is 0 Å². The van der Waals surface area contributed by atoms with Gasteiger partial charge in [0.05, 0.1) is 11.3 Å². The number of halogens is 2. The van der Waals surface area contributed by atoms with E-state index in [9.17, 15) is 9.18 Å². The van der Waals surface area contributed by atoms with E-state index in [1.54, 1.807) is 23.5 Å². The van der Waals surface area contributed by atoms with Crippen molar-refractivity contribution < 1.29 is 9.18 Å². The predicted octanol–water partition coefficient (Wildman–Crippen LogP) is 4.78. The number of rotatable bonds is 2. The highest BCUT2D eigenvalue weighted by Crippen LogP contribution is 2.31. The van der Waals surface area contributed by atoms with Crippen molar-refractivity contribution in [3.63, 3.8) is 0 Å². The van der Waals surface area contributed by atoms with E-state index < -0.39 is 5.82 Å². The lowest BCUT2D eigenvalue weighted by Crippen LogP contribution is -2.15. The van der Waals surface area contributed by atoms with Gasteiger partial charge in [0.15, 0.2) is 0 Å². The second-order valence-corrected chi connectivity index (χ2v) is 6.72. The van der Waals surface area contributed by atoms with Crippen LogP contribution >= 0.6 is 27.3 Å². The first kappa shape index (κ1) is 13.8. The molecule has 1 aromatic carbocycles. The van der Waals surface area contributed by atoms with E-state index >= 15 is 0 Å². The van der Waals surface area contributed by atoms with Crippen LogP contribution in [0.25, 0.3) is 0 Å². The number of amides is 1. The van der Waals surface area contributed by atoms with Gasteiger partial charge in [-0.05, 0) is 49.4 Å². The fourth-order valence-electron chi connectivity index (χ4n) is 2.46. The Labute approximate surface area is 129 Å². The fraction of sp³-hybridized carbons (Fsp3) is 0.267. The maximum absolute atomic E-state index is 13.7. The van der Waals surface area contributed by atoms with Gasteiger partial charge in [-0.25, -0.2) is 4.39 Å². The minimum Gasteiger partial charge on any atom is -0.319 e. The second-order valence-electron chi connectivity index (χ2n) is 4.84. The first-order chi connectivity index (χ1) is 9.65. The monoisotopic (exact) mass is 353 g/mol. The molecular formula is C15H13BrFNOS. The van der Waals surface area contributed by atoms with Gasteiger partial charge in [0.2, 0.25) is 0 Å². The third-order valence-electron chi connectivity index (χ3n) is 3.49. The average Bonchev–Trinajstić information content (AvgIpc) is 2.86. The lowest BCUT2D eigenvalue weighted by Gasteiger charge is -2.13. The maximum atomic E-state index is 13.7. The Morgan fingerprint density at radius 2 is 2.10 bits per heavy atom. The lowest BCUT2D eigenvalue weighted by molar-refractivity contribution is 0.102. The second kappa shape index (κ2) is 5.66. The Balaban J connectivity index is 1.84. The number of benzene rings is 1. The number of nitrogens with one attached hydrogen (secondary N) is 1. The van der Waals surface area contributed by atoms with E-state index in [0.29, 0.717) is 10.0 Å². The van der Waals surface area contributed by atoms with Crippen molar-refractivity contribution in [2.75, 3.05) is 5.32 Å². The Kier molecular flexibility index (Phi) is 3.89. The molecule has 1 aromatic heterocycles. The molecule has 1 aliphatic rings. The quantitative estimate of drug-likeness (QED) is 0.826. The van der Waals surface area contributed by atoms with Crippen LogP contribution in [0.15, 0.2) is 28.1 Å². The third kappa shape index (κ3) is 2.65. The number of fused-ring (bicyclic) bond motifs is 1. The summed E-state index contributed by atoms with van der Waals surface area (Å²) in [7, 11) is 0. The Hall–Kier alpha value is -1.20. The van der Waals surface area contributed by atoms with Gasteiger partial charge in [-0.1, -0.05) is 15.9 Å². The van der Waals surface area contributed by atoms with Crippen LogP contribution in [0.5, 0.6) is 0 Å². The molecule has 104 valence electrons. The van der Waals surface area contributed by atoms with Crippen molar-refractivity contribution in [3.05, 3.63) is 49.9 Å². The predicted molar refractivity (Wildman–Crippen MR) is 83.0 cm³/mol. The summed E-state index contributed by atoms with van der Waals surface area (Å²) in [6.07, 6.45) is 4.32. The zero-order chi connectivity index (χ0) is 14.1. The van der Waals surface area contributed by atoms with Crippen molar-refractivity contribution in [2.45, 2.75) is 25.7 Å². The number of hydrogen-bond acceptors (Lipinski definition) is 2. The molecule has 20 heavy (non-hydrogen) atoms. The molecule has 0 atom stereocenters. The van der Waals surface area contributed by atoms with E-state index in [2.05, 4.69) is 21.2 Å². The Bertz CT molecular complexity index is 668. The van der Waals surface area contributed by atoms with Gasteiger partial charge in [-0.3, -0.25) is 4.79 Å². The molecule has 0 saturated heterocycles. The number of thiophene rings is 1. The number of anilines is 1. The molecule has 1 N–H and O–H groups in total. The Morgan fingerprint density at radius 3 is 2.90 bits per heavy atom. The summed E-state index contributed by atoms with van der Waals surface area (Å²) in [5, 5.41) is 4.55. The number of aryl methyl sites for hydroxylation is 1. The third-order valence-corrected chi connectivity index (χ3v) is 5.07. The van der Waals surface area contributed by atoms with E-state index in [1.807, 2.05) is 5.38 Å². The van der Waals surface area contributed by atoms with Crippen LogP contribution < -0.4 is 5.32 Å². The summed E-state index contributed by atoms with van der Waals surface area (Å²) in [6, 6.07) is 4.62. The summed E-state index contributed by atoms with van der Waals surface area (Å²) in [6.45, 7) is 0. The largest absolute Gasteiger partial charge is 0.319 e. The highest BCUT2D eigenvalue weighted by atomic mass is 79.9. The van der Waals surface area contributed by atoms with Gasteiger partial charge in [-0.15, -0.1) is 11.3 Å². The minimum atomic E-state index is -0.433. The molecule has 0 spiro atoms. The van der Waals surface area contributed by atoms with Crippen LogP contribution in [-0.4, -0.2) is 5.91 Å². The molecule has 1 amide bonds. The standard InChI is InChI=1S/C15H13BrFNOS/c16-9-5-6-13(12(17)7-9)18-15(19)11-8-20-14-4-2-1-3-10(11)14/h5-8H,1-4H2,(H,18,19). The van der Waals surface area contributed by atoms with Crippen LogP contribution in [0.3, 0.4) is 0 Å². The molecule has 2 nitrogen and oxygen atoms in total. The molecule has 0 fully saturated rings. The maximum Gasteiger partial charge on any atom is 0.256 e. The molecule has 0 unspecified atom stereocenters. The van der Waals surface area contributed by atoms with Gasteiger partial charge in [-0.2, -0.15) is 0 Å². The molecule has 5 heteroatoms. The van der Waals surface area contributed by atoms with Crippen molar-refractivity contribution in [3.8, 4) is 0 Å². The van der Waals surface area contributed by atoms with Crippen LogP contribution in [0.4, 0.5) is 10.1 Å². The molecule has 0 bridgehead atoms. The van der Waals surface area contributed by atoms with Crippen molar-refractivity contribution >= 4 is 38.9 Å². The summed E-state index contributed by atoms with van der Waals surface area (Å²) < 4.78 is 14.4. The molecule has 0 saturated carbocycles. The summed E-state index contributed by atoms with van der Waals surface area (Å²) in [4.78, 5) is 13.6. The molecule has 0 aliphatic heterocycles. The van der Waals surface area contributed by atoms with Gasteiger partial charge >= 0.3 is 0 Å². The van der Waals surface area contributed by atoms with Crippen molar-refractivity contribution in [1.82, 2.24) is 0 Å². The molecular weight excluding hydrogens is 341 g/mol. The summed E-state index contributed by atoms with van der Waals surface area (Å²) >= 11 is 4.83. The summed E-state index contributed by atoms with van der Waals surface area (Å²) in [5.41, 5.74) is 2.07. The molecule has 0 radical (unpaired) electrons. The highest BCUT2D eigenvalue weighted by molar-refractivity contribution is 9.10. The number of carbonyl (C=O) groups excluding carboxylic acids is 1. The Morgan fingerprint density at radius 1 is 1.30 bits per heavy atom. The lowest BCUT2D eigenvalue weighted by atomic mass is 9.95. The first-order valence-corrected chi connectivity index (χ1v) is 8.18. The highest BCUT2D eigenvalue weighted by Gasteiger charge is 2.20.